The Morgan fingerprint density at radius 3 is 2.67 bits per heavy atom. The molecular weight excluding hydrogens is 148 g/mol. The SMILES string of the molecule is C/C=C/[C@H]1C(=C=C(C)C)[C@@H]1CO. The molecule has 12 heavy (non-hydrogen) atoms. The lowest BCUT2D eigenvalue weighted by atomic mass is 10.3. The van der Waals surface area contributed by atoms with Crippen molar-refractivity contribution in [3.8, 4) is 0 Å². The van der Waals surface area contributed by atoms with Crippen LogP contribution in [0.4, 0.5) is 0 Å². The highest BCUT2D eigenvalue weighted by atomic mass is 16.3. The van der Waals surface area contributed by atoms with E-state index in [-0.39, 0.29) is 6.61 Å². The molecule has 0 heterocycles. The summed E-state index contributed by atoms with van der Waals surface area (Å²) in [5.74, 6) is 0.797. The molecule has 1 nitrogen and oxygen atoms in total. The molecule has 0 radical (unpaired) electrons. The molecule has 0 bridgehead atoms. The fourth-order valence-electron chi connectivity index (χ4n) is 1.46. The molecule has 0 aromatic heterocycles. The zero-order chi connectivity index (χ0) is 9.14. The minimum Gasteiger partial charge on any atom is -0.396 e. The van der Waals surface area contributed by atoms with Crippen molar-refractivity contribution in [2.24, 2.45) is 11.8 Å². The Hall–Kier alpha value is -0.780. The molecule has 1 rings (SSSR count). The number of hydrogen-bond acceptors (Lipinski definition) is 1. The highest BCUT2D eigenvalue weighted by Gasteiger charge is 2.41. The standard InChI is InChI=1S/C11H16O/c1-4-5-9-10(6-8(2)3)11(9)7-12/h4-5,9,11-12H,7H2,1-3H3/b5-4+/t9-,11+/m0/s1. The Morgan fingerprint density at radius 1 is 1.58 bits per heavy atom. The number of rotatable bonds is 2. The van der Waals surface area contributed by atoms with E-state index in [9.17, 15) is 0 Å². The zero-order valence-electron chi connectivity index (χ0n) is 7.96. The van der Waals surface area contributed by atoms with Crippen LogP contribution in [0, 0.1) is 11.8 Å². The van der Waals surface area contributed by atoms with E-state index in [0.29, 0.717) is 11.8 Å². The third-order valence-electron chi connectivity index (χ3n) is 2.07. The van der Waals surface area contributed by atoms with Crippen LogP contribution in [0.15, 0.2) is 29.0 Å². The third-order valence-corrected chi connectivity index (χ3v) is 2.07. The van der Waals surface area contributed by atoms with Gasteiger partial charge in [0, 0.05) is 11.8 Å². The number of aliphatic hydroxyl groups excluding tert-OH is 1. The predicted octanol–water partition coefficient (Wildman–Crippen LogP) is 2.29. The molecule has 1 N–H and O–H groups in total. The Balaban J connectivity index is 2.78. The lowest BCUT2D eigenvalue weighted by Gasteiger charge is -1.81. The van der Waals surface area contributed by atoms with E-state index in [4.69, 9.17) is 5.11 Å². The van der Waals surface area contributed by atoms with Crippen molar-refractivity contribution in [1.29, 1.82) is 0 Å². The van der Waals surface area contributed by atoms with E-state index >= 15 is 0 Å². The molecule has 66 valence electrons. The topological polar surface area (TPSA) is 20.2 Å². The lowest BCUT2D eigenvalue weighted by Crippen LogP contribution is -1.85. The molecule has 0 unspecified atom stereocenters. The summed E-state index contributed by atoms with van der Waals surface area (Å²) >= 11 is 0. The van der Waals surface area contributed by atoms with Crippen molar-refractivity contribution in [3.63, 3.8) is 0 Å². The van der Waals surface area contributed by atoms with Gasteiger partial charge in [0.15, 0.2) is 0 Å². The van der Waals surface area contributed by atoms with Crippen LogP contribution in [0.5, 0.6) is 0 Å². The summed E-state index contributed by atoms with van der Waals surface area (Å²) < 4.78 is 0. The van der Waals surface area contributed by atoms with Gasteiger partial charge in [-0.2, -0.15) is 0 Å². The van der Waals surface area contributed by atoms with Crippen molar-refractivity contribution in [3.05, 3.63) is 29.0 Å². The van der Waals surface area contributed by atoms with Crippen LogP contribution in [0.3, 0.4) is 0 Å². The fourth-order valence-corrected chi connectivity index (χ4v) is 1.46. The van der Waals surface area contributed by atoms with Crippen molar-refractivity contribution < 1.29 is 5.11 Å². The maximum Gasteiger partial charge on any atom is 0.0511 e. The first-order valence-electron chi connectivity index (χ1n) is 4.38. The lowest BCUT2D eigenvalue weighted by molar-refractivity contribution is 0.276. The van der Waals surface area contributed by atoms with E-state index in [2.05, 4.69) is 11.8 Å². The first-order valence-corrected chi connectivity index (χ1v) is 4.38. The van der Waals surface area contributed by atoms with Gasteiger partial charge in [0.2, 0.25) is 0 Å². The second-order valence-corrected chi connectivity index (χ2v) is 3.42. The fraction of sp³-hybridized carbons (Fsp3) is 0.545. The van der Waals surface area contributed by atoms with Crippen LogP contribution in [0.1, 0.15) is 20.8 Å². The molecule has 1 fully saturated rings. The van der Waals surface area contributed by atoms with Gasteiger partial charge >= 0.3 is 0 Å². The third kappa shape index (κ3) is 1.88. The first-order chi connectivity index (χ1) is 5.70. The Bertz CT molecular complexity index is 250. The van der Waals surface area contributed by atoms with Crippen LogP contribution in [-0.4, -0.2) is 11.7 Å². The Morgan fingerprint density at radius 2 is 2.25 bits per heavy atom. The smallest absolute Gasteiger partial charge is 0.0511 e. The van der Waals surface area contributed by atoms with E-state index in [1.165, 1.54) is 11.1 Å². The second kappa shape index (κ2) is 3.75. The maximum atomic E-state index is 8.98. The predicted molar refractivity (Wildman–Crippen MR) is 50.8 cm³/mol. The first kappa shape index (κ1) is 9.31. The maximum absolute atomic E-state index is 8.98. The van der Waals surface area contributed by atoms with Crippen LogP contribution >= 0.6 is 0 Å². The van der Waals surface area contributed by atoms with Crippen LogP contribution in [0.2, 0.25) is 0 Å². The van der Waals surface area contributed by atoms with Gasteiger partial charge in [0.05, 0.1) is 6.61 Å². The van der Waals surface area contributed by atoms with E-state index < -0.39 is 0 Å². The molecule has 2 atom stereocenters. The van der Waals surface area contributed by atoms with Crippen LogP contribution < -0.4 is 0 Å². The van der Waals surface area contributed by atoms with Gasteiger partial charge in [-0.1, -0.05) is 12.2 Å². The molecule has 0 amide bonds. The van der Waals surface area contributed by atoms with Crippen molar-refractivity contribution in [2.75, 3.05) is 6.61 Å². The quantitative estimate of drug-likeness (QED) is 0.490. The summed E-state index contributed by atoms with van der Waals surface area (Å²) in [6.07, 6.45) is 4.17. The molecule has 1 aliphatic rings. The number of hydrogen-bond donors (Lipinski definition) is 1. The normalized spacial score (nSPS) is 27.5. The van der Waals surface area contributed by atoms with Gasteiger partial charge in [0.1, 0.15) is 0 Å². The largest absolute Gasteiger partial charge is 0.396 e. The molecule has 0 aromatic rings. The summed E-state index contributed by atoms with van der Waals surface area (Å²) in [6.45, 7) is 6.33. The molecule has 1 heteroatoms. The second-order valence-electron chi connectivity index (χ2n) is 3.42. The van der Waals surface area contributed by atoms with E-state index in [0.717, 1.165) is 0 Å². The average molecular weight is 164 g/mol. The van der Waals surface area contributed by atoms with Crippen molar-refractivity contribution in [2.45, 2.75) is 20.8 Å². The summed E-state index contributed by atoms with van der Waals surface area (Å²) in [5.41, 5.74) is 5.72. The number of allylic oxidation sites excluding steroid dienone is 2. The Kier molecular flexibility index (Phi) is 2.91. The minimum atomic E-state index is 0.255. The van der Waals surface area contributed by atoms with Gasteiger partial charge in [-0.3, -0.25) is 0 Å². The highest BCUT2D eigenvalue weighted by molar-refractivity contribution is 5.35. The monoisotopic (exact) mass is 164 g/mol. The van der Waals surface area contributed by atoms with Crippen LogP contribution in [-0.2, 0) is 0 Å². The van der Waals surface area contributed by atoms with Gasteiger partial charge in [-0.25, -0.2) is 0 Å². The van der Waals surface area contributed by atoms with Crippen molar-refractivity contribution >= 4 is 0 Å². The molecule has 1 aliphatic carbocycles. The minimum absolute atomic E-state index is 0.255. The molecule has 1 saturated carbocycles. The summed E-state index contributed by atoms with van der Waals surface area (Å²) in [4.78, 5) is 0. The molecular formula is C11H16O. The highest BCUT2D eigenvalue weighted by Crippen LogP contribution is 2.45. The van der Waals surface area contributed by atoms with Gasteiger partial charge in [-0.15, -0.1) is 5.73 Å². The van der Waals surface area contributed by atoms with Gasteiger partial charge < -0.3 is 5.11 Å². The molecule has 0 aromatic carbocycles. The summed E-state index contributed by atoms with van der Waals surface area (Å²) in [5, 5.41) is 8.98. The molecule has 0 saturated heterocycles. The molecule has 0 spiro atoms. The van der Waals surface area contributed by atoms with Gasteiger partial charge in [-0.05, 0) is 31.9 Å². The van der Waals surface area contributed by atoms with E-state index in [1.807, 2.05) is 26.8 Å². The van der Waals surface area contributed by atoms with Gasteiger partial charge in [0.25, 0.3) is 0 Å². The average Bonchev–Trinajstić information content (AvgIpc) is 2.62. The summed E-state index contributed by atoms with van der Waals surface area (Å²) in [6, 6.07) is 0. The van der Waals surface area contributed by atoms with Crippen LogP contribution in [0.25, 0.3) is 0 Å². The zero-order valence-corrected chi connectivity index (χ0v) is 7.96. The van der Waals surface area contributed by atoms with Crippen molar-refractivity contribution in [1.82, 2.24) is 0 Å². The molecule has 0 aliphatic heterocycles. The van der Waals surface area contributed by atoms with E-state index in [1.54, 1.807) is 0 Å². The number of aliphatic hydroxyl groups is 1. The Labute approximate surface area is 74.1 Å². The summed E-state index contributed by atoms with van der Waals surface area (Å²) in [7, 11) is 0.